The number of thioether (sulfide) groups is 1. The van der Waals surface area contributed by atoms with Gasteiger partial charge in [-0.1, -0.05) is 30.0 Å². The normalized spacial score (nSPS) is 11.9. The summed E-state index contributed by atoms with van der Waals surface area (Å²) in [5, 5.41) is 9.36. The van der Waals surface area contributed by atoms with Crippen molar-refractivity contribution in [3.8, 4) is 17.1 Å². The largest absolute Gasteiger partial charge is 0.372 e. The second-order valence-electron chi connectivity index (χ2n) is 7.19. The lowest BCUT2D eigenvalue weighted by atomic mass is 10.1. The fraction of sp³-hybridized carbons (Fsp3) is 0.348. The Hall–Kier alpha value is -2.80. The van der Waals surface area contributed by atoms with Gasteiger partial charge >= 0.3 is 0 Å². The van der Waals surface area contributed by atoms with Crippen molar-refractivity contribution < 1.29 is 4.79 Å². The molecule has 3 rings (SSSR count). The zero-order valence-electron chi connectivity index (χ0n) is 18.2. The van der Waals surface area contributed by atoms with Gasteiger partial charge < -0.3 is 9.80 Å². The molecule has 1 heterocycles. The average molecular weight is 424 g/mol. The van der Waals surface area contributed by atoms with Crippen molar-refractivity contribution in [3.05, 3.63) is 54.6 Å². The van der Waals surface area contributed by atoms with Crippen molar-refractivity contribution in [3.63, 3.8) is 0 Å². The Bertz CT molecular complexity index is 965. The van der Waals surface area contributed by atoms with E-state index >= 15 is 0 Å². The lowest BCUT2D eigenvalue weighted by Crippen LogP contribution is -2.29. The maximum Gasteiger partial charge on any atom is 0.235 e. The summed E-state index contributed by atoms with van der Waals surface area (Å²) in [5.74, 6) is 0.812. The molecule has 1 aromatic heterocycles. The number of anilines is 1. The van der Waals surface area contributed by atoms with Gasteiger partial charge in [-0.05, 0) is 57.2 Å². The highest BCUT2D eigenvalue weighted by molar-refractivity contribution is 8.00. The maximum atomic E-state index is 12.4. The van der Waals surface area contributed by atoms with Crippen LogP contribution in [0.5, 0.6) is 0 Å². The van der Waals surface area contributed by atoms with E-state index in [4.69, 9.17) is 0 Å². The van der Waals surface area contributed by atoms with Crippen molar-refractivity contribution >= 4 is 23.4 Å². The summed E-state index contributed by atoms with van der Waals surface area (Å²) in [6.45, 7) is 8.14. The zero-order valence-corrected chi connectivity index (χ0v) is 19.1. The third-order valence-electron chi connectivity index (χ3n) is 4.97. The predicted octanol–water partition coefficient (Wildman–Crippen LogP) is 4.35. The van der Waals surface area contributed by atoms with Gasteiger partial charge in [0, 0.05) is 44.1 Å². The monoisotopic (exact) mass is 423 g/mol. The Balaban J connectivity index is 2.01. The molecule has 158 valence electrons. The Kier molecular flexibility index (Phi) is 7.15. The lowest BCUT2D eigenvalue weighted by molar-refractivity contribution is -0.127. The van der Waals surface area contributed by atoms with E-state index in [1.165, 1.54) is 17.4 Å². The number of carbonyl (C=O) groups is 1. The minimum atomic E-state index is -0.260. The van der Waals surface area contributed by atoms with E-state index in [-0.39, 0.29) is 11.2 Å². The van der Waals surface area contributed by atoms with Gasteiger partial charge in [-0.3, -0.25) is 9.36 Å². The molecular formula is C23H29N5OS. The number of rotatable bonds is 8. The molecule has 30 heavy (non-hydrogen) atoms. The molecule has 0 aliphatic rings. The van der Waals surface area contributed by atoms with Gasteiger partial charge in [0.25, 0.3) is 0 Å². The first-order valence-corrected chi connectivity index (χ1v) is 11.1. The second kappa shape index (κ2) is 9.80. The van der Waals surface area contributed by atoms with Crippen LogP contribution in [0.4, 0.5) is 5.69 Å². The molecule has 1 amide bonds. The SMILES string of the molecule is CCN(CC)c1ccc(-c2nnc(S[C@H](C)C(=O)N(C)C)n2-c2ccccc2)cc1. The third kappa shape index (κ3) is 4.67. The van der Waals surface area contributed by atoms with Crippen LogP contribution in [0.1, 0.15) is 20.8 Å². The van der Waals surface area contributed by atoms with Crippen LogP contribution in [0.15, 0.2) is 59.8 Å². The predicted molar refractivity (Wildman–Crippen MR) is 124 cm³/mol. The quantitative estimate of drug-likeness (QED) is 0.504. The summed E-state index contributed by atoms with van der Waals surface area (Å²) >= 11 is 1.42. The first-order valence-electron chi connectivity index (χ1n) is 10.2. The number of para-hydroxylation sites is 1. The Morgan fingerprint density at radius 2 is 1.63 bits per heavy atom. The van der Waals surface area contributed by atoms with Crippen LogP contribution in [-0.2, 0) is 4.79 Å². The summed E-state index contributed by atoms with van der Waals surface area (Å²) in [6.07, 6.45) is 0. The van der Waals surface area contributed by atoms with Crippen LogP contribution < -0.4 is 4.90 Å². The summed E-state index contributed by atoms with van der Waals surface area (Å²) in [6, 6.07) is 18.4. The van der Waals surface area contributed by atoms with Crippen molar-refractivity contribution in [1.29, 1.82) is 0 Å². The molecule has 0 N–H and O–H groups in total. The van der Waals surface area contributed by atoms with E-state index in [1.807, 2.05) is 41.8 Å². The standard InChI is InChI=1S/C23H29N5OS/c1-6-27(7-2)19-15-13-18(14-16-19)21-24-25-23(30-17(3)22(29)26(4)5)28(21)20-11-9-8-10-12-20/h8-17H,6-7H2,1-5H3/t17-/m1/s1. The van der Waals surface area contributed by atoms with Gasteiger partial charge in [0.2, 0.25) is 5.91 Å². The molecule has 7 heteroatoms. The fourth-order valence-electron chi connectivity index (χ4n) is 3.33. The van der Waals surface area contributed by atoms with E-state index in [2.05, 4.69) is 53.2 Å². The summed E-state index contributed by atoms with van der Waals surface area (Å²) in [4.78, 5) is 16.3. The van der Waals surface area contributed by atoms with E-state index in [0.29, 0.717) is 5.16 Å². The molecule has 0 spiro atoms. The molecule has 0 saturated heterocycles. The summed E-state index contributed by atoms with van der Waals surface area (Å²) < 4.78 is 2.02. The summed E-state index contributed by atoms with van der Waals surface area (Å²) in [7, 11) is 3.54. The fourth-order valence-corrected chi connectivity index (χ4v) is 4.34. The van der Waals surface area contributed by atoms with Crippen LogP contribution in [0, 0.1) is 0 Å². The Morgan fingerprint density at radius 1 is 1.00 bits per heavy atom. The number of hydrogen-bond donors (Lipinski definition) is 0. The van der Waals surface area contributed by atoms with E-state index in [1.54, 1.807) is 19.0 Å². The van der Waals surface area contributed by atoms with Crippen LogP contribution in [0.25, 0.3) is 17.1 Å². The minimum Gasteiger partial charge on any atom is -0.372 e. The highest BCUT2D eigenvalue weighted by Crippen LogP contribution is 2.31. The van der Waals surface area contributed by atoms with E-state index in [0.717, 1.165) is 30.2 Å². The van der Waals surface area contributed by atoms with Crippen molar-refractivity contribution in [2.24, 2.45) is 0 Å². The van der Waals surface area contributed by atoms with Gasteiger partial charge in [0.05, 0.1) is 5.25 Å². The molecule has 1 atom stereocenters. The molecule has 0 radical (unpaired) electrons. The van der Waals surface area contributed by atoms with Crippen molar-refractivity contribution in [2.45, 2.75) is 31.2 Å². The highest BCUT2D eigenvalue weighted by atomic mass is 32.2. The molecular weight excluding hydrogens is 394 g/mol. The highest BCUT2D eigenvalue weighted by Gasteiger charge is 2.22. The topological polar surface area (TPSA) is 54.3 Å². The molecule has 0 fully saturated rings. The van der Waals surface area contributed by atoms with Crippen LogP contribution in [-0.4, -0.2) is 58.0 Å². The number of carbonyl (C=O) groups excluding carboxylic acids is 1. The Morgan fingerprint density at radius 3 is 2.20 bits per heavy atom. The average Bonchev–Trinajstić information content (AvgIpc) is 3.18. The van der Waals surface area contributed by atoms with Gasteiger partial charge in [-0.2, -0.15) is 0 Å². The van der Waals surface area contributed by atoms with Gasteiger partial charge in [-0.15, -0.1) is 10.2 Å². The third-order valence-corrected chi connectivity index (χ3v) is 6.00. The second-order valence-corrected chi connectivity index (χ2v) is 8.50. The molecule has 0 aliphatic carbocycles. The molecule has 0 bridgehead atoms. The van der Waals surface area contributed by atoms with E-state index in [9.17, 15) is 4.79 Å². The van der Waals surface area contributed by atoms with Gasteiger partial charge in [-0.25, -0.2) is 0 Å². The zero-order chi connectivity index (χ0) is 21.7. The minimum absolute atomic E-state index is 0.0488. The van der Waals surface area contributed by atoms with Crippen LogP contribution in [0.2, 0.25) is 0 Å². The number of amides is 1. The molecule has 6 nitrogen and oxygen atoms in total. The van der Waals surface area contributed by atoms with Gasteiger partial charge in [0.1, 0.15) is 0 Å². The molecule has 0 aliphatic heterocycles. The molecule has 3 aromatic rings. The van der Waals surface area contributed by atoms with Crippen molar-refractivity contribution in [2.75, 3.05) is 32.1 Å². The first kappa shape index (κ1) is 21.9. The van der Waals surface area contributed by atoms with Crippen LogP contribution in [0.3, 0.4) is 0 Å². The van der Waals surface area contributed by atoms with Crippen LogP contribution >= 0.6 is 11.8 Å². The molecule has 0 saturated carbocycles. The number of hydrogen-bond acceptors (Lipinski definition) is 5. The first-order chi connectivity index (χ1) is 14.5. The maximum absolute atomic E-state index is 12.4. The van der Waals surface area contributed by atoms with Crippen molar-refractivity contribution in [1.82, 2.24) is 19.7 Å². The molecule has 0 unspecified atom stereocenters. The summed E-state index contributed by atoms with van der Waals surface area (Å²) in [5.41, 5.74) is 3.15. The number of nitrogens with zero attached hydrogens (tertiary/aromatic N) is 5. The Labute approximate surface area is 182 Å². The lowest BCUT2D eigenvalue weighted by Gasteiger charge is -2.21. The van der Waals surface area contributed by atoms with Gasteiger partial charge in [0.15, 0.2) is 11.0 Å². The smallest absolute Gasteiger partial charge is 0.235 e. The number of aromatic nitrogens is 3. The molecule has 2 aromatic carbocycles. The number of benzene rings is 2. The van der Waals surface area contributed by atoms with E-state index < -0.39 is 0 Å².